The molecule has 0 unspecified atom stereocenters. The van der Waals surface area contributed by atoms with Crippen molar-refractivity contribution in [2.24, 2.45) is 0 Å². The van der Waals surface area contributed by atoms with E-state index in [2.05, 4.69) is 16.3 Å². The van der Waals surface area contributed by atoms with Crippen molar-refractivity contribution < 1.29 is 4.74 Å². The standard InChI is InChI=1S/C14H11N2O/c1-2-5-11(6-3-1)9-17-13-8-4-7-12-14(13)16-10-15-12/h1-8H,9H2,(H,15,16). The number of aromatic amines is 1. The normalized spacial score (nSPS) is 10.6. The largest absolute Gasteiger partial charge is 0.487 e. The van der Waals surface area contributed by atoms with Crippen LogP contribution in [0.2, 0.25) is 0 Å². The molecule has 1 heterocycles. The Labute approximate surface area is 99.1 Å². The molecule has 1 aromatic heterocycles. The molecule has 0 fully saturated rings. The number of fused-ring (bicyclic) bond motifs is 1. The number of hydrogen-bond donors (Lipinski definition) is 1. The first-order chi connectivity index (χ1) is 8.43. The van der Waals surface area contributed by atoms with Gasteiger partial charge in [0.1, 0.15) is 17.9 Å². The summed E-state index contributed by atoms with van der Waals surface area (Å²) in [6, 6.07) is 15.9. The Bertz CT molecular complexity index is 616. The fourth-order valence-corrected chi connectivity index (χ4v) is 1.73. The Morgan fingerprint density at radius 3 is 2.82 bits per heavy atom. The number of aromatic nitrogens is 2. The van der Waals surface area contributed by atoms with Gasteiger partial charge in [0.05, 0.1) is 5.52 Å². The van der Waals surface area contributed by atoms with E-state index in [1.807, 2.05) is 48.5 Å². The number of hydrogen-bond acceptors (Lipinski definition) is 2. The third kappa shape index (κ3) is 1.99. The molecule has 0 aliphatic carbocycles. The molecule has 1 radical (unpaired) electrons. The van der Waals surface area contributed by atoms with Crippen LogP contribution in [0.15, 0.2) is 48.5 Å². The highest BCUT2D eigenvalue weighted by molar-refractivity contribution is 5.80. The molecule has 0 aliphatic heterocycles. The third-order valence-electron chi connectivity index (χ3n) is 2.59. The molecule has 0 atom stereocenters. The highest BCUT2D eigenvalue weighted by Gasteiger charge is 2.04. The highest BCUT2D eigenvalue weighted by atomic mass is 16.5. The number of H-pyrrole nitrogens is 1. The maximum Gasteiger partial charge on any atom is 0.174 e. The Kier molecular flexibility index (Phi) is 2.50. The summed E-state index contributed by atoms with van der Waals surface area (Å²) in [5.41, 5.74) is 2.91. The van der Waals surface area contributed by atoms with Gasteiger partial charge in [0.25, 0.3) is 0 Å². The van der Waals surface area contributed by atoms with Crippen molar-refractivity contribution in [3.05, 3.63) is 60.4 Å². The molecule has 0 saturated heterocycles. The summed E-state index contributed by atoms with van der Waals surface area (Å²) in [7, 11) is 0. The molecule has 3 heteroatoms. The van der Waals surface area contributed by atoms with E-state index < -0.39 is 0 Å². The summed E-state index contributed by atoms with van der Waals surface area (Å²) in [6.07, 6.45) is 2.72. The molecule has 0 aliphatic rings. The molecule has 83 valence electrons. The van der Waals surface area contributed by atoms with Crippen molar-refractivity contribution in [1.82, 2.24) is 9.97 Å². The van der Waals surface area contributed by atoms with Crippen molar-refractivity contribution in [2.45, 2.75) is 6.61 Å². The Morgan fingerprint density at radius 1 is 1.06 bits per heavy atom. The zero-order valence-corrected chi connectivity index (χ0v) is 9.18. The number of para-hydroxylation sites is 1. The van der Waals surface area contributed by atoms with E-state index in [1.54, 1.807) is 0 Å². The molecule has 0 saturated carbocycles. The molecule has 3 aromatic rings. The first-order valence-corrected chi connectivity index (χ1v) is 5.45. The number of rotatable bonds is 3. The van der Waals surface area contributed by atoms with Gasteiger partial charge in [-0.2, -0.15) is 0 Å². The number of benzene rings is 2. The third-order valence-corrected chi connectivity index (χ3v) is 2.59. The van der Waals surface area contributed by atoms with Gasteiger partial charge in [-0.3, -0.25) is 0 Å². The predicted octanol–water partition coefficient (Wildman–Crippen LogP) is 2.94. The zero-order chi connectivity index (χ0) is 11.5. The molecule has 1 N–H and O–H groups in total. The highest BCUT2D eigenvalue weighted by Crippen LogP contribution is 2.22. The predicted molar refractivity (Wildman–Crippen MR) is 65.7 cm³/mol. The molecule has 3 nitrogen and oxygen atoms in total. The second-order valence-electron chi connectivity index (χ2n) is 3.78. The molecule has 3 rings (SSSR count). The summed E-state index contributed by atoms with van der Waals surface area (Å²) >= 11 is 0. The minimum Gasteiger partial charge on any atom is -0.487 e. The molecule has 0 spiro atoms. The number of imidazole rings is 1. The number of nitrogens with one attached hydrogen (secondary N) is 1. The lowest BCUT2D eigenvalue weighted by Gasteiger charge is -2.06. The maximum atomic E-state index is 5.76. The van der Waals surface area contributed by atoms with E-state index in [0.29, 0.717) is 6.61 Å². The van der Waals surface area contributed by atoms with Crippen LogP contribution < -0.4 is 4.74 Å². The van der Waals surface area contributed by atoms with Crippen LogP contribution in [-0.2, 0) is 6.61 Å². The lowest BCUT2D eigenvalue weighted by molar-refractivity contribution is 0.309. The van der Waals surface area contributed by atoms with Gasteiger partial charge in [0.2, 0.25) is 0 Å². The van der Waals surface area contributed by atoms with E-state index in [-0.39, 0.29) is 0 Å². The van der Waals surface area contributed by atoms with Gasteiger partial charge in [-0.25, -0.2) is 4.98 Å². The average molecular weight is 223 g/mol. The number of ether oxygens (including phenoxy) is 1. The van der Waals surface area contributed by atoms with Crippen molar-refractivity contribution in [1.29, 1.82) is 0 Å². The maximum absolute atomic E-state index is 5.76. The second-order valence-corrected chi connectivity index (χ2v) is 3.78. The van der Waals surface area contributed by atoms with E-state index >= 15 is 0 Å². The molecule has 0 amide bonds. The minimum absolute atomic E-state index is 0.548. The average Bonchev–Trinajstić information content (AvgIpc) is 2.86. The SMILES string of the molecule is [c]1nc2c(OCc3ccccc3)cccc2[nH]1. The lowest BCUT2D eigenvalue weighted by atomic mass is 10.2. The van der Waals surface area contributed by atoms with Gasteiger partial charge in [0, 0.05) is 0 Å². The van der Waals surface area contributed by atoms with Gasteiger partial charge in [-0.15, -0.1) is 0 Å². The Hall–Kier alpha value is -2.29. The fraction of sp³-hybridized carbons (Fsp3) is 0.0714. The Morgan fingerprint density at radius 2 is 1.94 bits per heavy atom. The van der Waals surface area contributed by atoms with Crippen LogP contribution in [0.1, 0.15) is 5.56 Å². The monoisotopic (exact) mass is 223 g/mol. The van der Waals surface area contributed by atoms with E-state index in [1.165, 1.54) is 0 Å². The molecular formula is C14H11N2O. The van der Waals surface area contributed by atoms with Crippen LogP contribution in [0.5, 0.6) is 5.75 Å². The van der Waals surface area contributed by atoms with Gasteiger partial charge >= 0.3 is 0 Å². The molecule has 0 bridgehead atoms. The summed E-state index contributed by atoms with van der Waals surface area (Å²) in [6.45, 7) is 0.548. The van der Waals surface area contributed by atoms with E-state index in [4.69, 9.17) is 4.74 Å². The lowest BCUT2D eigenvalue weighted by Crippen LogP contribution is -1.95. The summed E-state index contributed by atoms with van der Waals surface area (Å²) < 4.78 is 5.76. The van der Waals surface area contributed by atoms with Crippen LogP contribution >= 0.6 is 0 Å². The Balaban J connectivity index is 1.84. The first kappa shape index (κ1) is 9.90. The number of nitrogens with zero attached hydrogens (tertiary/aromatic N) is 1. The van der Waals surface area contributed by atoms with Gasteiger partial charge in [-0.1, -0.05) is 36.4 Å². The van der Waals surface area contributed by atoms with Crippen molar-refractivity contribution >= 4 is 11.0 Å². The van der Waals surface area contributed by atoms with E-state index in [0.717, 1.165) is 22.3 Å². The van der Waals surface area contributed by atoms with Crippen LogP contribution in [-0.4, -0.2) is 9.97 Å². The summed E-state index contributed by atoms with van der Waals surface area (Å²) in [5, 5.41) is 0. The van der Waals surface area contributed by atoms with Gasteiger partial charge in [-0.05, 0) is 17.7 Å². The van der Waals surface area contributed by atoms with Gasteiger partial charge < -0.3 is 9.72 Å². The van der Waals surface area contributed by atoms with Gasteiger partial charge in [0.15, 0.2) is 6.33 Å². The zero-order valence-electron chi connectivity index (χ0n) is 9.18. The minimum atomic E-state index is 0.548. The van der Waals surface area contributed by atoms with Crippen LogP contribution in [0, 0.1) is 6.33 Å². The quantitative estimate of drug-likeness (QED) is 0.741. The second kappa shape index (κ2) is 4.29. The van der Waals surface area contributed by atoms with Crippen LogP contribution in [0.25, 0.3) is 11.0 Å². The summed E-state index contributed by atoms with van der Waals surface area (Å²) in [4.78, 5) is 7.07. The molecule has 2 aromatic carbocycles. The summed E-state index contributed by atoms with van der Waals surface area (Å²) in [5.74, 6) is 0.781. The van der Waals surface area contributed by atoms with Crippen molar-refractivity contribution in [2.75, 3.05) is 0 Å². The smallest absolute Gasteiger partial charge is 0.174 e. The molecule has 17 heavy (non-hydrogen) atoms. The van der Waals surface area contributed by atoms with Crippen molar-refractivity contribution in [3.63, 3.8) is 0 Å². The van der Waals surface area contributed by atoms with Crippen LogP contribution in [0.4, 0.5) is 0 Å². The van der Waals surface area contributed by atoms with Crippen LogP contribution in [0.3, 0.4) is 0 Å². The first-order valence-electron chi connectivity index (χ1n) is 5.45. The topological polar surface area (TPSA) is 37.9 Å². The van der Waals surface area contributed by atoms with E-state index in [9.17, 15) is 0 Å². The fourth-order valence-electron chi connectivity index (χ4n) is 1.73. The van der Waals surface area contributed by atoms with Crippen molar-refractivity contribution in [3.8, 4) is 5.75 Å². The molecular weight excluding hydrogens is 212 g/mol.